The summed E-state index contributed by atoms with van der Waals surface area (Å²) in [6.07, 6.45) is 5.18. The van der Waals surface area contributed by atoms with E-state index in [4.69, 9.17) is 9.72 Å². The number of hydrogen-bond acceptors (Lipinski definition) is 6. The molecule has 31 heavy (non-hydrogen) atoms. The quantitative estimate of drug-likeness (QED) is 0.455. The smallest absolute Gasteiger partial charge is 0.228 e. The Bertz CT molecular complexity index is 1450. The van der Waals surface area contributed by atoms with Gasteiger partial charge in [0.2, 0.25) is 5.88 Å². The van der Waals surface area contributed by atoms with Crippen LogP contribution in [0.15, 0.2) is 73.3 Å². The van der Waals surface area contributed by atoms with Crippen molar-refractivity contribution in [2.24, 2.45) is 0 Å². The average Bonchev–Trinajstić information content (AvgIpc) is 3.23. The third-order valence-electron chi connectivity index (χ3n) is 5.48. The molecule has 5 aromatic rings. The van der Waals surface area contributed by atoms with Crippen LogP contribution < -0.4 is 4.74 Å². The Kier molecular flexibility index (Phi) is 3.76. The van der Waals surface area contributed by atoms with Gasteiger partial charge in [0.15, 0.2) is 11.5 Å². The molecular weight excluding hydrogens is 390 g/mol. The van der Waals surface area contributed by atoms with Crippen LogP contribution in [0.2, 0.25) is 0 Å². The molecule has 150 valence electrons. The van der Waals surface area contributed by atoms with E-state index in [1.807, 2.05) is 49.5 Å². The minimum absolute atomic E-state index is 0.137. The number of phenols is 1. The number of aromatic hydroxyl groups is 1. The van der Waals surface area contributed by atoms with Gasteiger partial charge in [0.1, 0.15) is 17.8 Å². The van der Waals surface area contributed by atoms with E-state index in [1.165, 1.54) is 0 Å². The van der Waals surface area contributed by atoms with Crippen LogP contribution >= 0.6 is 0 Å². The molecule has 1 atom stereocenters. The maximum absolute atomic E-state index is 9.98. The molecule has 0 radical (unpaired) electrons. The molecule has 4 heterocycles. The Balaban J connectivity index is 1.62. The Hall–Kier alpha value is -4.26. The van der Waals surface area contributed by atoms with Crippen molar-refractivity contribution < 1.29 is 9.84 Å². The van der Waals surface area contributed by atoms with E-state index in [0.29, 0.717) is 23.1 Å². The van der Waals surface area contributed by atoms with Gasteiger partial charge < -0.3 is 9.84 Å². The third kappa shape index (κ3) is 2.82. The van der Waals surface area contributed by atoms with E-state index >= 15 is 0 Å². The minimum atomic E-state index is -0.209. The minimum Gasteiger partial charge on any atom is -0.508 e. The van der Waals surface area contributed by atoms with E-state index in [-0.39, 0.29) is 11.7 Å². The van der Waals surface area contributed by atoms with Crippen LogP contribution in [0.4, 0.5) is 0 Å². The molecule has 0 amide bonds. The Morgan fingerprint density at radius 2 is 2.00 bits per heavy atom. The van der Waals surface area contributed by atoms with Crippen molar-refractivity contribution in [3.63, 3.8) is 0 Å². The van der Waals surface area contributed by atoms with Gasteiger partial charge in [-0.1, -0.05) is 35.9 Å². The lowest BCUT2D eigenvalue weighted by Gasteiger charge is -2.27. The molecule has 0 unspecified atom stereocenters. The van der Waals surface area contributed by atoms with Crippen molar-refractivity contribution >= 4 is 5.65 Å². The highest BCUT2D eigenvalue weighted by Gasteiger charge is 2.33. The second-order valence-electron chi connectivity index (χ2n) is 7.58. The van der Waals surface area contributed by atoms with Gasteiger partial charge in [-0.05, 0) is 30.7 Å². The Morgan fingerprint density at radius 1 is 1.06 bits per heavy atom. The summed E-state index contributed by atoms with van der Waals surface area (Å²) in [7, 11) is 0. The van der Waals surface area contributed by atoms with Crippen molar-refractivity contribution in [1.29, 1.82) is 0 Å². The SMILES string of the molecule is Cc1cccc(-c2nc3c4c(ncn3n2)Oc2cc(O)ccc2[C@H]4c2cccnc2)c1. The topological polar surface area (TPSA) is 85.4 Å². The molecular formula is C24H17N5O2. The molecule has 1 aliphatic heterocycles. The third-order valence-corrected chi connectivity index (χ3v) is 5.48. The lowest BCUT2D eigenvalue weighted by molar-refractivity contribution is 0.422. The summed E-state index contributed by atoms with van der Waals surface area (Å²) in [6, 6.07) is 17.1. The van der Waals surface area contributed by atoms with E-state index < -0.39 is 0 Å². The molecule has 0 aliphatic carbocycles. The zero-order valence-electron chi connectivity index (χ0n) is 16.6. The largest absolute Gasteiger partial charge is 0.508 e. The van der Waals surface area contributed by atoms with Gasteiger partial charge in [0.05, 0.1) is 5.56 Å². The van der Waals surface area contributed by atoms with Crippen molar-refractivity contribution in [2.75, 3.05) is 0 Å². The van der Waals surface area contributed by atoms with Crippen LogP contribution in [0.5, 0.6) is 17.4 Å². The number of nitrogens with zero attached hydrogens (tertiary/aromatic N) is 5. The lowest BCUT2D eigenvalue weighted by atomic mass is 9.84. The number of pyridine rings is 1. The average molecular weight is 407 g/mol. The van der Waals surface area contributed by atoms with Gasteiger partial charge in [-0.25, -0.2) is 14.5 Å². The van der Waals surface area contributed by atoms with Crippen molar-refractivity contribution in [1.82, 2.24) is 24.6 Å². The van der Waals surface area contributed by atoms with E-state index in [0.717, 1.165) is 27.8 Å². The highest BCUT2D eigenvalue weighted by molar-refractivity contribution is 5.68. The van der Waals surface area contributed by atoms with E-state index in [2.05, 4.69) is 21.1 Å². The summed E-state index contributed by atoms with van der Waals surface area (Å²) >= 11 is 0. The first-order valence-electron chi connectivity index (χ1n) is 9.90. The zero-order valence-corrected chi connectivity index (χ0v) is 16.6. The molecule has 3 aromatic heterocycles. The van der Waals surface area contributed by atoms with Crippen LogP contribution in [0.1, 0.15) is 28.2 Å². The molecule has 0 fully saturated rings. The molecule has 6 rings (SSSR count). The predicted molar refractivity (Wildman–Crippen MR) is 114 cm³/mol. The number of ether oxygens (including phenoxy) is 1. The molecule has 0 saturated heterocycles. The first-order valence-corrected chi connectivity index (χ1v) is 9.90. The van der Waals surface area contributed by atoms with Crippen LogP contribution in [0, 0.1) is 6.92 Å². The molecule has 7 nitrogen and oxygen atoms in total. The highest BCUT2D eigenvalue weighted by atomic mass is 16.5. The number of hydrogen-bond donors (Lipinski definition) is 1. The summed E-state index contributed by atoms with van der Waals surface area (Å²) in [5, 5.41) is 14.6. The first-order chi connectivity index (χ1) is 15.2. The Morgan fingerprint density at radius 3 is 2.84 bits per heavy atom. The van der Waals surface area contributed by atoms with E-state index in [9.17, 15) is 5.11 Å². The number of benzene rings is 2. The van der Waals surface area contributed by atoms with Crippen molar-refractivity contribution in [3.8, 4) is 28.8 Å². The van der Waals surface area contributed by atoms with Gasteiger partial charge in [-0.3, -0.25) is 4.98 Å². The molecule has 1 aliphatic rings. The number of aromatic nitrogens is 5. The van der Waals surface area contributed by atoms with E-state index in [1.54, 1.807) is 29.2 Å². The zero-order chi connectivity index (χ0) is 20.9. The molecule has 7 heteroatoms. The predicted octanol–water partition coefficient (Wildman–Crippen LogP) is 4.49. The highest BCUT2D eigenvalue weighted by Crippen LogP contribution is 2.48. The van der Waals surface area contributed by atoms with Gasteiger partial charge >= 0.3 is 0 Å². The maximum Gasteiger partial charge on any atom is 0.228 e. The molecule has 0 bridgehead atoms. The first kappa shape index (κ1) is 17.6. The standard InChI is InChI=1S/C24H17N5O2/c1-14-4-2-5-15(10-14)22-27-23-21-20(16-6-3-9-25-12-16)18-8-7-17(30)11-19(18)31-24(21)26-13-29(23)28-22/h2-13,20,30H,1H3/t20-/m1/s1. The molecule has 0 saturated carbocycles. The van der Waals surface area contributed by atoms with Crippen molar-refractivity contribution in [2.45, 2.75) is 12.8 Å². The fraction of sp³-hybridized carbons (Fsp3) is 0.0833. The van der Waals surface area contributed by atoms with Crippen LogP contribution in [-0.2, 0) is 0 Å². The number of phenolic OH excluding ortho intramolecular Hbond substituents is 1. The Labute approximate surface area is 177 Å². The molecule has 1 N–H and O–H groups in total. The van der Waals surface area contributed by atoms with Crippen molar-refractivity contribution in [3.05, 3.63) is 95.6 Å². The van der Waals surface area contributed by atoms with Gasteiger partial charge in [0, 0.05) is 35.5 Å². The fourth-order valence-electron chi connectivity index (χ4n) is 4.10. The summed E-state index contributed by atoms with van der Waals surface area (Å²) in [5.74, 6) is 1.57. The molecule has 0 spiro atoms. The second kappa shape index (κ2) is 6.63. The molecule has 2 aromatic carbocycles. The summed E-state index contributed by atoms with van der Waals surface area (Å²) in [5.41, 5.74) is 5.47. The van der Waals surface area contributed by atoms with Gasteiger partial charge in [0.25, 0.3) is 0 Å². The van der Waals surface area contributed by atoms with Crippen LogP contribution in [0.3, 0.4) is 0 Å². The van der Waals surface area contributed by atoms with Gasteiger partial charge in [-0.2, -0.15) is 0 Å². The second-order valence-corrected chi connectivity index (χ2v) is 7.58. The summed E-state index contributed by atoms with van der Waals surface area (Å²) < 4.78 is 7.77. The van der Waals surface area contributed by atoms with Crippen LogP contribution in [-0.4, -0.2) is 29.7 Å². The summed E-state index contributed by atoms with van der Waals surface area (Å²) in [4.78, 5) is 13.7. The maximum atomic E-state index is 9.98. The number of rotatable bonds is 2. The summed E-state index contributed by atoms with van der Waals surface area (Å²) in [6.45, 7) is 2.04. The lowest BCUT2D eigenvalue weighted by Crippen LogP contribution is -2.15. The fourth-order valence-corrected chi connectivity index (χ4v) is 4.10. The number of aryl methyl sites for hydroxylation is 1. The number of fused-ring (bicyclic) bond motifs is 4. The monoisotopic (exact) mass is 407 g/mol. The van der Waals surface area contributed by atoms with Crippen LogP contribution in [0.25, 0.3) is 17.0 Å². The normalized spacial score (nSPS) is 14.7. The van der Waals surface area contributed by atoms with Gasteiger partial charge in [-0.15, -0.1) is 5.10 Å².